The van der Waals surface area contributed by atoms with Gasteiger partial charge in [0.2, 0.25) is 0 Å². The zero-order chi connectivity index (χ0) is 12.8. The van der Waals surface area contributed by atoms with Crippen LogP contribution in [0.2, 0.25) is 0 Å². The number of rotatable bonds is 5. The lowest BCUT2D eigenvalue weighted by Gasteiger charge is -2.05. The number of hydrogen-bond acceptors (Lipinski definition) is 5. The predicted octanol–water partition coefficient (Wildman–Crippen LogP) is 1.61. The van der Waals surface area contributed by atoms with Gasteiger partial charge in [0.25, 0.3) is 0 Å². The van der Waals surface area contributed by atoms with E-state index in [-0.39, 0.29) is 5.75 Å². The fourth-order valence-electron chi connectivity index (χ4n) is 1.55. The molecule has 1 heterocycles. The van der Waals surface area contributed by atoms with E-state index in [0.29, 0.717) is 12.4 Å². The first kappa shape index (κ1) is 12.3. The Kier molecular flexibility index (Phi) is 4.09. The number of hydrogen-bond donors (Lipinski definition) is 3. The average Bonchev–Trinajstić information content (AvgIpc) is 2.40. The normalized spacial score (nSPS) is 10.3. The molecular formula is C13H16N4O. The lowest BCUT2D eigenvalue weighted by atomic mass is 10.2. The number of nitrogens with zero attached hydrogens (tertiary/aromatic N) is 2. The largest absolute Gasteiger partial charge is 0.508 e. The van der Waals surface area contributed by atoms with Crippen LogP contribution in [0.15, 0.2) is 36.7 Å². The first-order chi connectivity index (χ1) is 8.79. The number of phenols is 1. The van der Waals surface area contributed by atoms with Crippen LogP contribution in [0.4, 0.5) is 5.69 Å². The van der Waals surface area contributed by atoms with Gasteiger partial charge < -0.3 is 16.2 Å². The van der Waals surface area contributed by atoms with Gasteiger partial charge in [-0.05, 0) is 25.1 Å². The van der Waals surface area contributed by atoms with E-state index in [1.807, 2.05) is 6.07 Å². The Balaban J connectivity index is 2.07. The molecule has 18 heavy (non-hydrogen) atoms. The molecule has 5 nitrogen and oxygen atoms in total. The summed E-state index contributed by atoms with van der Waals surface area (Å²) in [5, 5.41) is 12.6. The first-order valence-electron chi connectivity index (χ1n) is 5.85. The molecule has 0 aliphatic rings. The van der Waals surface area contributed by atoms with E-state index >= 15 is 0 Å². The van der Waals surface area contributed by atoms with Crippen LogP contribution in [0.1, 0.15) is 6.42 Å². The van der Waals surface area contributed by atoms with E-state index in [4.69, 9.17) is 5.73 Å². The van der Waals surface area contributed by atoms with E-state index < -0.39 is 0 Å². The number of aromatic hydroxyl groups is 1. The lowest BCUT2D eigenvalue weighted by Crippen LogP contribution is -2.08. The Morgan fingerprint density at radius 2 is 2.00 bits per heavy atom. The molecule has 0 fully saturated rings. The quantitative estimate of drug-likeness (QED) is 0.696. The molecule has 5 heteroatoms. The summed E-state index contributed by atoms with van der Waals surface area (Å²) in [5.41, 5.74) is 7.07. The van der Waals surface area contributed by atoms with Crippen LogP contribution in [0.25, 0.3) is 11.4 Å². The van der Waals surface area contributed by atoms with Crippen molar-refractivity contribution in [3.63, 3.8) is 0 Å². The number of benzene rings is 1. The second kappa shape index (κ2) is 5.97. The molecule has 0 spiro atoms. The maximum Gasteiger partial charge on any atom is 0.159 e. The molecular weight excluding hydrogens is 228 g/mol. The van der Waals surface area contributed by atoms with Gasteiger partial charge in [0.15, 0.2) is 5.82 Å². The van der Waals surface area contributed by atoms with Gasteiger partial charge in [-0.25, -0.2) is 9.97 Å². The standard InChI is InChI=1S/C13H16N4O/c14-5-2-6-15-11-8-16-13(17-9-11)10-3-1-4-12(18)7-10/h1,3-4,7-9,15,18H,2,5-6,14H2. The molecule has 0 radical (unpaired) electrons. The van der Waals surface area contributed by atoms with Gasteiger partial charge >= 0.3 is 0 Å². The summed E-state index contributed by atoms with van der Waals surface area (Å²) in [6.07, 6.45) is 4.36. The van der Waals surface area contributed by atoms with E-state index in [9.17, 15) is 5.11 Å². The molecule has 0 aliphatic carbocycles. The molecule has 0 bridgehead atoms. The van der Waals surface area contributed by atoms with Crippen LogP contribution < -0.4 is 11.1 Å². The fourth-order valence-corrected chi connectivity index (χ4v) is 1.55. The van der Waals surface area contributed by atoms with Crippen molar-refractivity contribution < 1.29 is 5.11 Å². The molecule has 0 amide bonds. The topological polar surface area (TPSA) is 84.1 Å². The average molecular weight is 244 g/mol. The molecule has 0 aliphatic heterocycles. The lowest BCUT2D eigenvalue weighted by molar-refractivity contribution is 0.475. The van der Waals surface area contributed by atoms with E-state index in [2.05, 4.69) is 15.3 Å². The number of anilines is 1. The summed E-state index contributed by atoms with van der Waals surface area (Å²) >= 11 is 0. The summed E-state index contributed by atoms with van der Waals surface area (Å²) < 4.78 is 0. The molecule has 2 aromatic rings. The van der Waals surface area contributed by atoms with Gasteiger partial charge in [-0.3, -0.25) is 0 Å². The van der Waals surface area contributed by atoms with Crippen molar-refractivity contribution in [2.75, 3.05) is 18.4 Å². The fraction of sp³-hybridized carbons (Fsp3) is 0.231. The van der Waals surface area contributed by atoms with Gasteiger partial charge in [-0.1, -0.05) is 12.1 Å². The van der Waals surface area contributed by atoms with Crippen molar-refractivity contribution in [3.05, 3.63) is 36.7 Å². The van der Waals surface area contributed by atoms with Crippen molar-refractivity contribution >= 4 is 5.69 Å². The smallest absolute Gasteiger partial charge is 0.159 e. The molecule has 0 saturated carbocycles. The van der Waals surface area contributed by atoms with Crippen LogP contribution in [0.5, 0.6) is 5.75 Å². The summed E-state index contributed by atoms with van der Waals surface area (Å²) in [7, 11) is 0. The number of nitrogens with one attached hydrogen (secondary N) is 1. The Morgan fingerprint density at radius 3 is 2.67 bits per heavy atom. The predicted molar refractivity (Wildman–Crippen MR) is 71.3 cm³/mol. The van der Waals surface area contributed by atoms with Gasteiger partial charge in [0.1, 0.15) is 5.75 Å². The van der Waals surface area contributed by atoms with Crippen LogP contribution in [-0.4, -0.2) is 28.2 Å². The molecule has 2 rings (SSSR count). The van der Waals surface area contributed by atoms with Crippen molar-refractivity contribution in [2.24, 2.45) is 5.73 Å². The second-order valence-electron chi connectivity index (χ2n) is 3.91. The van der Waals surface area contributed by atoms with Crippen LogP contribution in [0.3, 0.4) is 0 Å². The summed E-state index contributed by atoms with van der Waals surface area (Å²) in [6.45, 7) is 1.47. The highest BCUT2D eigenvalue weighted by atomic mass is 16.3. The Morgan fingerprint density at radius 1 is 1.22 bits per heavy atom. The highest BCUT2D eigenvalue weighted by Crippen LogP contribution is 2.19. The van der Waals surface area contributed by atoms with Crippen molar-refractivity contribution in [1.29, 1.82) is 0 Å². The van der Waals surface area contributed by atoms with Gasteiger partial charge in [-0.2, -0.15) is 0 Å². The number of nitrogens with two attached hydrogens (primary N) is 1. The monoisotopic (exact) mass is 244 g/mol. The number of phenolic OH excluding ortho intramolecular Hbond substituents is 1. The van der Waals surface area contributed by atoms with Crippen molar-refractivity contribution in [3.8, 4) is 17.1 Å². The highest BCUT2D eigenvalue weighted by Gasteiger charge is 2.02. The molecule has 1 aromatic carbocycles. The second-order valence-corrected chi connectivity index (χ2v) is 3.91. The van der Waals surface area contributed by atoms with Gasteiger partial charge in [0, 0.05) is 12.1 Å². The Labute approximate surface area is 106 Å². The van der Waals surface area contributed by atoms with E-state index in [1.165, 1.54) is 0 Å². The van der Waals surface area contributed by atoms with Gasteiger partial charge in [-0.15, -0.1) is 0 Å². The van der Waals surface area contributed by atoms with Gasteiger partial charge in [0.05, 0.1) is 18.1 Å². The Hall–Kier alpha value is -2.14. The van der Waals surface area contributed by atoms with Crippen LogP contribution in [-0.2, 0) is 0 Å². The maximum absolute atomic E-state index is 9.39. The number of aromatic nitrogens is 2. The van der Waals surface area contributed by atoms with Crippen molar-refractivity contribution in [2.45, 2.75) is 6.42 Å². The maximum atomic E-state index is 9.39. The zero-order valence-corrected chi connectivity index (χ0v) is 10.0. The molecule has 94 valence electrons. The first-order valence-corrected chi connectivity index (χ1v) is 5.85. The van der Waals surface area contributed by atoms with Crippen molar-refractivity contribution in [1.82, 2.24) is 9.97 Å². The minimum Gasteiger partial charge on any atom is -0.508 e. The molecule has 1 aromatic heterocycles. The molecule has 0 saturated heterocycles. The SMILES string of the molecule is NCCCNc1cnc(-c2cccc(O)c2)nc1. The summed E-state index contributed by atoms with van der Waals surface area (Å²) in [6, 6.07) is 6.88. The third-order valence-corrected chi connectivity index (χ3v) is 2.47. The zero-order valence-electron chi connectivity index (χ0n) is 10.0. The third kappa shape index (κ3) is 3.18. The molecule has 4 N–H and O–H groups in total. The minimum absolute atomic E-state index is 0.209. The van der Waals surface area contributed by atoms with Crippen LogP contribution in [0, 0.1) is 0 Å². The van der Waals surface area contributed by atoms with Crippen LogP contribution >= 0.6 is 0 Å². The molecule has 0 unspecified atom stereocenters. The van der Waals surface area contributed by atoms with E-state index in [0.717, 1.165) is 24.2 Å². The van der Waals surface area contributed by atoms with E-state index in [1.54, 1.807) is 30.6 Å². The molecule has 0 atom stereocenters. The minimum atomic E-state index is 0.209. The summed E-state index contributed by atoms with van der Waals surface area (Å²) in [4.78, 5) is 8.51. The third-order valence-electron chi connectivity index (χ3n) is 2.47. The summed E-state index contributed by atoms with van der Waals surface area (Å²) in [5.74, 6) is 0.802. The Bertz CT molecular complexity index is 499. The highest BCUT2D eigenvalue weighted by molar-refractivity contribution is 5.58.